The first-order chi connectivity index (χ1) is 10.2. The van der Waals surface area contributed by atoms with Crippen LogP contribution in [-0.2, 0) is 4.79 Å². The maximum Gasteiger partial charge on any atom is 0.316 e. The topological polar surface area (TPSA) is 58.6 Å². The number of hydrogen-bond acceptors (Lipinski definition) is 5. The molecule has 0 bridgehead atoms. The minimum absolute atomic E-state index is 0.161. The summed E-state index contributed by atoms with van der Waals surface area (Å²) < 4.78 is 5.82. The molecule has 0 unspecified atom stereocenters. The van der Waals surface area contributed by atoms with Crippen molar-refractivity contribution in [1.29, 1.82) is 0 Å². The third-order valence-corrected chi connectivity index (χ3v) is 4.19. The molecular weight excluding hydrogens is 268 g/mol. The van der Waals surface area contributed by atoms with Gasteiger partial charge in [0.05, 0.1) is 18.1 Å². The number of carbonyl (C=O) groups is 1. The summed E-state index contributed by atoms with van der Waals surface area (Å²) in [5, 5.41) is 0. The van der Waals surface area contributed by atoms with Gasteiger partial charge < -0.3 is 14.5 Å². The number of rotatable bonds is 3. The second-order valence-electron chi connectivity index (χ2n) is 5.85. The molecule has 114 valence electrons. The molecular formula is C15H22N4O2. The van der Waals surface area contributed by atoms with E-state index in [9.17, 15) is 4.79 Å². The highest BCUT2D eigenvalue weighted by Crippen LogP contribution is 2.21. The van der Waals surface area contributed by atoms with E-state index < -0.39 is 0 Å². The van der Waals surface area contributed by atoms with Crippen molar-refractivity contribution in [2.24, 2.45) is 0 Å². The number of carbonyl (C=O) groups excluding carboxylic acids is 1. The molecule has 0 spiro atoms. The molecule has 0 radical (unpaired) electrons. The lowest BCUT2D eigenvalue weighted by Gasteiger charge is -2.29. The first-order valence-electron chi connectivity index (χ1n) is 7.70. The van der Waals surface area contributed by atoms with Crippen molar-refractivity contribution in [1.82, 2.24) is 14.9 Å². The Labute approximate surface area is 125 Å². The Morgan fingerprint density at radius 2 is 1.86 bits per heavy atom. The number of amides is 1. The lowest BCUT2D eigenvalue weighted by molar-refractivity contribution is -0.119. The Balaban J connectivity index is 1.60. The van der Waals surface area contributed by atoms with Crippen LogP contribution in [0.15, 0.2) is 12.4 Å². The number of anilines is 1. The Bertz CT molecular complexity index is 483. The first-order valence-corrected chi connectivity index (χ1v) is 7.70. The standard InChI is InChI=1S/C15H22N4O2/c1-18-8-5-13(6-9-18)21-15-16-10-12(11-17-15)19-7-3-2-4-14(19)20/h10-11,13H,2-9H2,1H3. The molecule has 3 heterocycles. The van der Waals surface area contributed by atoms with Crippen molar-refractivity contribution in [3.05, 3.63) is 12.4 Å². The van der Waals surface area contributed by atoms with Crippen molar-refractivity contribution in [2.45, 2.75) is 38.2 Å². The lowest BCUT2D eigenvalue weighted by atomic mass is 10.1. The number of likely N-dealkylation sites (tertiary alicyclic amines) is 1. The van der Waals surface area contributed by atoms with Crippen LogP contribution in [-0.4, -0.2) is 53.6 Å². The molecule has 1 amide bonds. The molecule has 3 rings (SSSR count). The van der Waals surface area contributed by atoms with E-state index in [4.69, 9.17) is 4.74 Å². The van der Waals surface area contributed by atoms with E-state index in [0.717, 1.165) is 51.0 Å². The van der Waals surface area contributed by atoms with E-state index in [0.29, 0.717) is 12.4 Å². The van der Waals surface area contributed by atoms with Crippen LogP contribution in [0.2, 0.25) is 0 Å². The second-order valence-corrected chi connectivity index (χ2v) is 5.85. The zero-order valence-electron chi connectivity index (χ0n) is 12.5. The van der Waals surface area contributed by atoms with Gasteiger partial charge in [-0.25, -0.2) is 9.97 Å². The van der Waals surface area contributed by atoms with Crippen LogP contribution in [0.3, 0.4) is 0 Å². The summed E-state index contributed by atoms with van der Waals surface area (Å²) in [5.74, 6) is 0.161. The Morgan fingerprint density at radius 3 is 2.52 bits per heavy atom. The van der Waals surface area contributed by atoms with Crippen molar-refractivity contribution in [3.8, 4) is 6.01 Å². The van der Waals surface area contributed by atoms with E-state index >= 15 is 0 Å². The van der Waals surface area contributed by atoms with Crippen LogP contribution in [0.5, 0.6) is 6.01 Å². The van der Waals surface area contributed by atoms with Gasteiger partial charge in [0.15, 0.2) is 0 Å². The molecule has 21 heavy (non-hydrogen) atoms. The van der Waals surface area contributed by atoms with Crippen molar-refractivity contribution in [3.63, 3.8) is 0 Å². The maximum atomic E-state index is 11.9. The fourth-order valence-electron chi connectivity index (χ4n) is 2.84. The summed E-state index contributed by atoms with van der Waals surface area (Å²) in [6.45, 7) is 2.85. The summed E-state index contributed by atoms with van der Waals surface area (Å²) in [4.78, 5) is 24.4. The smallest absolute Gasteiger partial charge is 0.316 e. The molecule has 0 aromatic carbocycles. The molecule has 2 fully saturated rings. The predicted octanol–water partition coefficient (Wildman–Crippen LogP) is 1.47. The van der Waals surface area contributed by atoms with E-state index in [1.54, 1.807) is 17.3 Å². The van der Waals surface area contributed by atoms with Gasteiger partial charge in [-0.05, 0) is 32.7 Å². The van der Waals surface area contributed by atoms with Gasteiger partial charge in [0.25, 0.3) is 0 Å². The monoisotopic (exact) mass is 290 g/mol. The molecule has 6 heteroatoms. The molecule has 0 N–H and O–H groups in total. The highest BCUT2D eigenvalue weighted by atomic mass is 16.5. The molecule has 2 saturated heterocycles. The van der Waals surface area contributed by atoms with Gasteiger partial charge in [0.1, 0.15) is 6.10 Å². The van der Waals surface area contributed by atoms with Crippen molar-refractivity contribution < 1.29 is 9.53 Å². The quantitative estimate of drug-likeness (QED) is 0.843. The number of hydrogen-bond donors (Lipinski definition) is 0. The summed E-state index contributed by atoms with van der Waals surface area (Å²) in [6, 6.07) is 0.415. The fraction of sp³-hybridized carbons (Fsp3) is 0.667. The minimum atomic E-state index is 0.161. The SMILES string of the molecule is CN1CCC(Oc2ncc(N3CCCCC3=O)cn2)CC1. The maximum absolute atomic E-state index is 11.9. The van der Waals surface area contributed by atoms with Crippen LogP contribution in [0.1, 0.15) is 32.1 Å². The van der Waals surface area contributed by atoms with Gasteiger partial charge in [-0.2, -0.15) is 0 Å². The normalized spacial score (nSPS) is 21.6. The predicted molar refractivity (Wildman–Crippen MR) is 79.4 cm³/mol. The van der Waals surface area contributed by atoms with Gasteiger partial charge in [-0.3, -0.25) is 4.79 Å². The average molecular weight is 290 g/mol. The molecule has 1 aromatic rings. The number of piperidine rings is 2. The average Bonchev–Trinajstić information content (AvgIpc) is 2.51. The molecule has 6 nitrogen and oxygen atoms in total. The lowest BCUT2D eigenvalue weighted by Crippen LogP contribution is -2.36. The molecule has 0 aliphatic carbocycles. The minimum Gasteiger partial charge on any atom is -0.460 e. The van der Waals surface area contributed by atoms with Crippen molar-refractivity contribution >= 4 is 11.6 Å². The van der Waals surface area contributed by atoms with Crippen LogP contribution in [0.25, 0.3) is 0 Å². The number of nitrogens with zero attached hydrogens (tertiary/aromatic N) is 4. The highest BCUT2D eigenvalue weighted by molar-refractivity contribution is 5.93. The molecule has 0 atom stereocenters. The summed E-state index contributed by atoms with van der Waals surface area (Å²) >= 11 is 0. The third kappa shape index (κ3) is 3.50. The molecule has 0 saturated carbocycles. The van der Waals surface area contributed by atoms with Crippen LogP contribution >= 0.6 is 0 Å². The van der Waals surface area contributed by atoms with Gasteiger partial charge in [0.2, 0.25) is 5.91 Å². The number of aromatic nitrogens is 2. The van der Waals surface area contributed by atoms with Crippen LogP contribution < -0.4 is 9.64 Å². The second kappa shape index (κ2) is 6.39. The first kappa shape index (κ1) is 14.3. The summed E-state index contributed by atoms with van der Waals surface area (Å²) in [6.07, 6.45) is 8.24. The van der Waals surface area contributed by atoms with E-state index in [-0.39, 0.29) is 12.0 Å². The van der Waals surface area contributed by atoms with Gasteiger partial charge in [-0.1, -0.05) is 0 Å². The van der Waals surface area contributed by atoms with Crippen molar-refractivity contribution in [2.75, 3.05) is 31.6 Å². The van der Waals surface area contributed by atoms with Gasteiger partial charge in [-0.15, -0.1) is 0 Å². The fourth-order valence-corrected chi connectivity index (χ4v) is 2.84. The molecule has 2 aliphatic rings. The summed E-state index contributed by atoms with van der Waals surface area (Å²) in [7, 11) is 2.12. The van der Waals surface area contributed by atoms with E-state index in [2.05, 4.69) is 21.9 Å². The summed E-state index contributed by atoms with van der Waals surface area (Å²) in [5.41, 5.74) is 0.774. The molecule has 2 aliphatic heterocycles. The third-order valence-electron chi connectivity index (χ3n) is 4.19. The largest absolute Gasteiger partial charge is 0.460 e. The zero-order valence-corrected chi connectivity index (χ0v) is 12.5. The van der Waals surface area contributed by atoms with E-state index in [1.165, 1.54) is 0 Å². The van der Waals surface area contributed by atoms with E-state index in [1.807, 2.05) is 0 Å². The zero-order chi connectivity index (χ0) is 14.7. The molecule has 1 aromatic heterocycles. The van der Waals surface area contributed by atoms with Gasteiger partial charge >= 0.3 is 6.01 Å². The Kier molecular flexibility index (Phi) is 4.34. The highest BCUT2D eigenvalue weighted by Gasteiger charge is 2.21. The van der Waals surface area contributed by atoms with Gasteiger partial charge in [0, 0.05) is 26.1 Å². The van der Waals surface area contributed by atoms with Crippen LogP contribution in [0.4, 0.5) is 5.69 Å². The Hall–Kier alpha value is -1.69. The Morgan fingerprint density at radius 1 is 1.14 bits per heavy atom. The van der Waals surface area contributed by atoms with Crippen LogP contribution in [0, 0.1) is 0 Å². The number of ether oxygens (including phenoxy) is 1.